The molecule has 13 heterocycles. The Hall–Kier alpha value is -12.7. The number of nitrogens with zero attached hydrogens (tertiary/aromatic N) is 9. The minimum Gasteiger partial charge on any atom is -0.500 e. The molecule has 0 fully saturated rings. The van der Waals surface area contributed by atoms with Crippen molar-refractivity contribution in [3.8, 4) is 90.1 Å². The molecule has 4 radical (unpaired) electrons. The summed E-state index contributed by atoms with van der Waals surface area (Å²) < 4.78 is 16.8. The number of hydrogen-bond acceptors (Lipinski definition) is 13. The molecule has 0 amide bonds. The summed E-state index contributed by atoms with van der Waals surface area (Å²) in [6.07, 6.45) is 18.4. The molecule has 11 aromatic carbocycles. The fourth-order valence-electron chi connectivity index (χ4n) is 16.2. The van der Waals surface area contributed by atoms with Crippen LogP contribution in [0.4, 0.5) is 0 Å². The van der Waals surface area contributed by atoms with E-state index in [1.165, 1.54) is 83.3 Å². The van der Waals surface area contributed by atoms with Gasteiger partial charge in [0, 0.05) is 150 Å². The topological polar surface area (TPSA) is 142 Å². The van der Waals surface area contributed by atoms with Crippen LogP contribution in [-0.4, -0.2) is 77.2 Å². The number of rotatable bonds is 12. The van der Waals surface area contributed by atoms with Crippen molar-refractivity contribution in [2.45, 2.75) is 106 Å². The van der Waals surface area contributed by atoms with E-state index in [-0.39, 0.29) is 80.4 Å². The first-order valence-electron chi connectivity index (χ1n) is 48.2. The summed E-state index contributed by atoms with van der Waals surface area (Å²) in [5.74, 6) is 0. The monoisotopic (exact) mass is 2740 g/mol. The molecule has 0 aliphatic carbocycles. The van der Waals surface area contributed by atoms with Gasteiger partial charge in [0.2, 0.25) is 0 Å². The largest absolute Gasteiger partial charge is 0.500 e. The molecule has 0 atom stereocenters. The maximum Gasteiger partial charge on any atom is 0.141 e. The summed E-state index contributed by atoms with van der Waals surface area (Å²) >= 11 is 3.65. The van der Waals surface area contributed by atoms with Gasteiger partial charge >= 0.3 is 0 Å². The Kier molecular flexibility index (Phi) is 39.1. The normalized spacial score (nSPS) is 11.0. The second-order valence-electron chi connectivity index (χ2n) is 39.4. The van der Waals surface area contributed by atoms with E-state index < -0.39 is 32.3 Å². The van der Waals surface area contributed by atoms with Crippen LogP contribution in [0.3, 0.4) is 0 Å². The van der Waals surface area contributed by atoms with Crippen LogP contribution in [-0.2, 0) is 80.4 Å². The van der Waals surface area contributed by atoms with Gasteiger partial charge in [-0.15, -0.1) is 226 Å². The number of hydrogen-bond donors (Lipinski definition) is 0. The van der Waals surface area contributed by atoms with Crippen LogP contribution in [0.1, 0.15) is 22.3 Å². The third kappa shape index (κ3) is 28.7. The Balaban J connectivity index is 0.000000142. The predicted octanol–water partition coefficient (Wildman–Crippen LogP) is 31.7. The van der Waals surface area contributed by atoms with Crippen LogP contribution in [0.2, 0.25) is 78.6 Å². The number of fused-ring (bicyclic) bond motifs is 12. The van der Waals surface area contributed by atoms with Gasteiger partial charge in [0.1, 0.15) is 16.9 Å². The van der Waals surface area contributed by atoms with Crippen molar-refractivity contribution in [1.82, 2.24) is 44.9 Å². The number of thiophene rings is 2. The standard InChI is InChI=1S/C20H18NOSi.2C20H18NSSi.C19H17N2OSi.4C12H10N.4Ir/c3*1-23(2,3)15-9-10-18(21-13-15)14-8-11-20-17(12-14)16-6-4-5-7-19(16)22-20;1-23(2,3)14-8-9-17(20-12-14)13-10-16-15-6-4-5-7-18(15)22-19(16)21-11-13;2*1-10-6-5-9-13-12(10)11-7-3-2-4-8-11;2*1-10-7-8-13-12(9-10)11-5-3-2-4-6-11;;;;/h3*4-7,9-13H,1-3H3;4-10,12H,1-3H3;2*2-7,9H,1H3;2*2-5,7-9H,1H3;;;;/q8*-1;;;;. The number of para-hydroxylation sites is 2. The van der Waals surface area contributed by atoms with Crippen molar-refractivity contribution in [3.63, 3.8) is 0 Å². The molecule has 21 heteroatoms. The van der Waals surface area contributed by atoms with Gasteiger partial charge in [0.15, 0.2) is 0 Å². The van der Waals surface area contributed by atoms with Crippen LogP contribution in [0.25, 0.3) is 174 Å². The van der Waals surface area contributed by atoms with Gasteiger partial charge in [-0.25, -0.2) is 0 Å². The second kappa shape index (κ2) is 51.5. The van der Waals surface area contributed by atoms with E-state index in [0.717, 1.165) is 128 Å². The van der Waals surface area contributed by atoms with Crippen LogP contribution < -0.4 is 20.7 Å². The zero-order valence-electron chi connectivity index (χ0n) is 85.4. The third-order valence-electron chi connectivity index (χ3n) is 24.5. The van der Waals surface area contributed by atoms with Gasteiger partial charge in [-0.05, 0) is 174 Å². The molecule has 0 bridgehead atoms. The van der Waals surface area contributed by atoms with Crippen LogP contribution in [0.15, 0.2) is 392 Å². The first-order chi connectivity index (χ1) is 69.6. The number of pyridine rings is 9. The van der Waals surface area contributed by atoms with Gasteiger partial charge in [-0.2, -0.15) is 22.7 Å². The first kappa shape index (κ1) is 112. The number of aromatic nitrogens is 9. The zero-order chi connectivity index (χ0) is 100. The fraction of sp³-hybridized carbons (Fsp3) is 0.126. The summed E-state index contributed by atoms with van der Waals surface area (Å²) in [4.78, 5) is 40.2. The van der Waals surface area contributed by atoms with Gasteiger partial charge < -0.3 is 53.7 Å². The molecule has 748 valence electrons. The number of furan rings is 2. The Bertz CT molecular complexity index is 7650. The molecule has 0 aliphatic heterocycles. The average Bonchev–Trinajstić information content (AvgIpc) is 1.65. The third-order valence-corrected chi connectivity index (χ3v) is 34.9. The first-order valence-corrected chi connectivity index (χ1v) is 63.8. The molecule has 24 rings (SSSR count). The minimum atomic E-state index is -1.33. The Labute approximate surface area is 935 Å². The van der Waals surface area contributed by atoms with E-state index in [1.54, 1.807) is 0 Å². The van der Waals surface area contributed by atoms with Crippen molar-refractivity contribution in [3.05, 3.63) is 454 Å². The molecule has 11 nitrogen and oxygen atoms in total. The maximum absolute atomic E-state index is 5.86. The zero-order valence-corrected chi connectivity index (χ0v) is 101. The fourth-order valence-corrected chi connectivity index (χ4v) is 22.5. The Morgan fingerprint density at radius 2 is 0.574 bits per heavy atom. The van der Waals surface area contributed by atoms with Crippen molar-refractivity contribution in [2.75, 3.05) is 0 Å². The average molecular weight is 2740 g/mol. The van der Waals surface area contributed by atoms with Crippen LogP contribution in [0.5, 0.6) is 0 Å². The summed E-state index contributed by atoms with van der Waals surface area (Å²) in [5.41, 5.74) is 24.2. The molecule has 24 aromatic rings. The number of aryl methyl sites for hydroxylation is 4. The Morgan fingerprint density at radius 1 is 0.236 bits per heavy atom. The molecule has 0 spiro atoms. The SMILES string of the molecule is C[Si](C)(C)c1ccc(-c2[c-]cc3oc4ccccc4c3c2)nc1.C[Si](C)(C)c1ccc(-c2[c-]cc3sc4ccccc4c3c2)nc1.C[Si](C)(C)c1ccc(-c2[c-]cc3sc4ccccc4c3c2)nc1.C[Si](C)(C)c1ccc(-c2[c-]nc3oc4ccccc4c3c2)nc1.Cc1cccnc1-c1[c-]cccc1.Cc1cccnc1-c1[c-]cccc1.Cc1ccnc(-c2[c-]cccc2)c1.Cc1ccnc(-c2[c-]cccc2)c1.[Ir].[Ir].[Ir].[Ir]. The molecule has 0 unspecified atom stereocenters. The number of benzene rings is 11. The molecular weight excluding hydrogens is 2630 g/mol. The van der Waals surface area contributed by atoms with Gasteiger partial charge in [-0.1, -0.05) is 263 Å². The molecule has 0 saturated carbocycles. The van der Waals surface area contributed by atoms with Gasteiger partial charge in [0.05, 0.1) is 37.9 Å². The van der Waals surface area contributed by atoms with Crippen molar-refractivity contribution in [2.24, 2.45) is 0 Å². The second-order valence-corrected chi connectivity index (χ2v) is 61.9. The van der Waals surface area contributed by atoms with E-state index in [0.29, 0.717) is 5.71 Å². The van der Waals surface area contributed by atoms with E-state index >= 15 is 0 Å². The van der Waals surface area contributed by atoms with Crippen molar-refractivity contribution >= 4 is 160 Å². The quantitative estimate of drug-likeness (QED) is 0.0852. The van der Waals surface area contributed by atoms with Crippen LogP contribution in [0, 0.1) is 76.4 Å². The van der Waals surface area contributed by atoms with Crippen molar-refractivity contribution in [1.29, 1.82) is 0 Å². The molecule has 0 saturated heterocycles. The molecule has 0 N–H and O–H groups in total. The summed E-state index contributed by atoms with van der Waals surface area (Å²) in [6, 6.07) is 136. The van der Waals surface area contributed by atoms with Crippen LogP contribution >= 0.6 is 22.7 Å². The van der Waals surface area contributed by atoms with E-state index in [2.05, 4.69) is 354 Å². The van der Waals surface area contributed by atoms with E-state index in [1.807, 2.05) is 242 Å². The predicted molar refractivity (Wildman–Crippen MR) is 617 cm³/mol. The van der Waals surface area contributed by atoms with Gasteiger partial charge in [-0.3, -0.25) is 0 Å². The van der Waals surface area contributed by atoms with E-state index in [4.69, 9.17) is 18.8 Å². The summed E-state index contributed by atoms with van der Waals surface area (Å²) in [6.45, 7) is 36.3. The molecule has 148 heavy (non-hydrogen) atoms. The van der Waals surface area contributed by atoms with Crippen molar-refractivity contribution < 1.29 is 89.3 Å². The van der Waals surface area contributed by atoms with Gasteiger partial charge in [0.25, 0.3) is 0 Å². The van der Waals surface area contributed by atoms with E-state index in [9.17, 15) is 0 Å². The summed E-state index contributed by atoms with van der Waals surface area (Å²) in [7, 11) is -5.24. The smallest absolute Gasteiger partial charge is 0.141 e. The molecular formula is C127H111Ir4N9O2S2Si4-8. The maximum atomic E-state index is 5.86. The Morgan fingerprint density at radius 3 is 0.939 bits per heavy atom. The molecule has 0 aliphatic rings. The summed E-state index contributed by atoms with van der Waals surface area (Å²) in [5, 5.41) is 15.1. The minimum absolute atomic E-state index is 0. The molecule has 13 aromatic heterocycles.